The number of carbonyl (C=O) groups excluding carboxylic acids is 1. The number of amides is 1. The molecule has 1 amide bonds. The van der Waals surface area contributed by atoms with Gasteiger partial charge in [-0.05, 0) is 38.5 Å². The summed E-state index contributed by atoms with van der Waals surface area (Å²) < 4.78 is 5.23. The molecular weight excluding hydrogens is 280 g/mol. The minimum atomic E-state index is -0.524. The predicted molar refractivity (Wildman–Crippen MR) is 88.9 cm³/mol. The van der Waals surface area contributed by atoms with Gasteiger partial charge in [-0.3, -0.25) is 10.2 Å². The summed E-state index contributed by atoms with van der Waals surface area (Å²) in [5.74, 6) is 0. The minimum Gasteiger partial charge on any atom is -0.444 e. The van der Waals surface area contributed by atoms with Gasteiger partial charge in [-0.25, -0.2) is 4.79 Å². The highest BCUT2D eigenvalue weighted by Gasteiger charge is 2.16. The Morgan fingerprint density at radius 3 is 2.77 bits per heavy atom. The third kappa shape index (κ3) is 7.24. The molecule has 1 rings (SSSR count). The van der Waals surface area contributed by atoms with Crippen molar-refractivity contribution in [3.63, 3.8) is 0 Å². The zero-order valence-corrected chi connectivity index (χ0v) is 13.6. The first-order chi connectivity index (χ1) is 10.3. The molecule has 0 saturated carbocycles. The largest absolute Gasteiger partial charge is 0.444 e. The lowest BCUT2D eigenvalue weighted by Gasteiger charge is -2.21. The number of carbonyl (C=O) groups is 1. The van der Waals surface area contributed by atoms with E-state index in [1.54, 1.807) is 6.08 Å². The van der Waals surface area contributed by atoms with Crippen molar-refractivity contribution in [2.45, 2.75) is 32.9 Å². The monoisotopic (exact) mass is 306 g/mol. The van der Waals surface area contributed by atoms with Gasteiger partial charge < -0.3 is 9.84 Å². The van der Waals surface area contributed by atoms with Crippen LogP contribution >= 0.6 is 0 Å². The zero-order chi connectivity index (χ0) is 16.6. The normalized spacial score (nSPS) is 11.3. The van der Waals surface area contributed by atoms with Crippen LogP contribution in [0, 0.1) is 0 Å². The summed E-state index contributed by atoms with van der Waals surface area (Å²) in [4.78, 5) is 13.8. The maximum absolute atomic E-state index is 11.8. The van der Waals surface area contributed by atoms with E-state index in [9.17, 15) is 4.79 Å². The predicted octanol–water partition coefficient (Wildman–Crippen LogP) is 3.01. The number of nitrogens with one attached hydrogen (secondary N) is 1. The summed E-state index contributed by atoms with van der Waals surface area (Å²) in [6.07, 6.45) is 1.33. The zero-order valence-electron chi connectivity index (χ0n) is 13.6. The Bertz CT molecular complexity index is 495. The third-order valence-corrected chi connectivity index (χ3v) is 2.78. The van der Waals surface area contributed by atoms with Crippen molar-refractivity contribution in [1.29, 1.82) is 0 Å². The number of benzene rings is 1. The fraction of sp³-hybridized carbons (Fsp3) is 0.471. The highest BCUT2D eigenvalue weighted by Crippen LogP contribution is 2.15. The molecule has 0 aromatic heterocycles. The molecule has 22 heavy (non-hydrogen) atoms. The number of nitrogens with zero attached hydrogens (tertiary/aromatic N) is 1. The Morgan fingerprint density at radius 2 is 2.18 bits per heavy atom. The Morgan fingerprint density at radius 1 is 1.45 bits per heavy atom. The lowest BCUT2D eigenvalue weighted by molar-refractivity contribution is 0.0636. The van der Waals surface area contributed by atoms with Gasteiger partial charge in [0.25, 0.3) is 0 Å². The van der Waals surface area contributed by atoms with Gasteiger partial charge in [0.2, 0.25) is 0 Å². The first-order valence-electron chi connectivity index (χ1n) is 7.37. The van der Waals surface area contributed by atoms with Crippen molar-refractivity contribution in [3.05, 3.63) is 42.5 Å². The molecule has 0 atom stereocenters. The summed E-state index contributed by atoms with van der Waals surface area (Å²) in [6, 6.07) is 7.58. The van der Waals surface area contributed by atoms with Crippen LogP contribution in [0.15, 0.2) is 36.9 Å². The van der Waals surface area contributed by atoms with E-state index in [4.69, 9.17) is 9.84 Å². The lowest BCUT2D eigenvalue weighted by atomic mass is 10.2. The average molecular weight is 306 g/mol. The van der Waals surface area contributed by atoms with Crippen LogP contribution in [-0.4, -0.2) is 41.4 Å². The maximum atomic E-state index is 11.8. The van der Waals surface area contributed by atoms with Gasteiger partial charge in [0.1, 0.15) is 5.60 Å². The first kappa shape index (κ1) is 18.2. The van der Waals surface area contributed by atoms with Gasteiger partial charge in [0.15, 0.2) is 0 Å². The molecule has 0 fully saturated rings. The molecule has 0 unspecified atom stereocenters. The molecule has 0 aliphatic heterocycles. The van der Waals surface area contributed by atoms with Gasteiger partial charge >= 0.3 is 6.09 Å². The molecule has 0 aliphatic carbocycles. The molecule has 0 bridgehead atoms. The number of ether oxygens (including phenoxy) is 1. The van der Waals surface area contributed by atoms with Crippen molar-refractivity contribution in [3.8, 4) is 0 Å². The molecule has 122 valence electrons. The van der Waals surface area contributed by atoms with Gasteiger partial charge in [0.05, 0.1) is 6.61 Å². The average Bonchev–Trinajstić information content (AvgIpc) is 2.37. The van der Waals surface area contributed by atoms with Crippen LogP contribution in [0.5, 0.6) is 0 Å². The van der Waals surface area contributed by atoms with E-state index in [2.05, 4.69) is 16.8 Å². The van der Waals surface area contributed by atoms with Crippen molar-refractivity contribution >= 4 is 11.8 Å². The number of aliphatic hydroxyl groups excluding tert-OH is 1. The molecule has 2 N–H and O–H groups in total. The van der Waals surface area contributed by atoms with Crippen LogP contribution in [0.4, 0.5) is 10.5 Å². The van der Waals surface area contributed by atoms with Gasteiger partial charge in [0, 0.05) is 25.3 Å². The summed E-state index contributed by atoms with van der Waals surface area (Å²) in [5, 5.41) is 11.8. The van der Waals surface area contributed by atoms with E-state index < -0.39 is 11.7 Å². The van der Waals surface area contributed by atoms with Crippen molar-refractivity contribution in [2.75, 3.05) is 25.0 Å². The Labute approximate surface area is 132 Å². The number of hydrogen-bond acceptors (Lipinski definition) is 4. The highest BCUT2D eigenvalue weighted by molar-refractivity contribution is 5.84. The fourth-order valence-corrected chi connectivity index (χ4v) is 1.99. The van der Waals surface area contributed by atoms with Gasteiger partial charge in [-0.1, -0.05) is 18.2 Å². The van der Waals surface area contributed by atoms with Crippen LogP contribution < -0.4 is 5.32 Å². The van der Waals surface area contributed by atoms with E-state index >= 15 is 0 Å². The molecule has 5 heteroatoms. The van der Waals surface area contributed by atoms with Crippen LogP contribution in [0.2, 0.25) is 0 Å². The first-order valence-corrected chi connectivity index (χ1v) is 7.37. The van der Waals surface area contributed by atoms with Gasteiger partial charge in [-0.2, -0.15) is 0 Å². The smallest absolute Gasteiger partial charge is 0.412 e. The highest BCUT2D eigenvalue weighted by atomic mass is 16.6. The van der Waals surface area contributed by atoms with Crippen LogP contribution in [-0.2, 0) is 11.3 Å². The molecule has 0 aliphatic rings. The molecular formula is C17H26N2O3. The third-order valence-electron chi connectivity index (χ3n) is 2.78. The van der Waals surface area contributed by atoms with Crippen molar-refractivity contribution in [2.24, 2.45) is 0 Å². The molecule has 1 aromatic carbocycles. The molecule has 0 spiro atoms. The van der Waals surface area contributed by atoms with Crippen LogP contribution in [0.3, 0.4) is 0 Å². The van der Waals surface area contributed by atoms with E-state index in [0.717, 1.165) is 5.56 Å². The molecule has 1 aromatic rings. The van der Waals surface area contributed by atoms with Crippen molar-refractivity contribution in [1.82, 2.24) is 4.90 Å². The lowest BCUT2D eigenvalue weighted by Crippen LogP contribution is -2.27. The second-order valence-electron chi connectivity index (χ2n) is 6.07. The molecule has 5 nitrogen and oxygen atoms in total. The van der Waals surface area contributed by atoms with Crippen LogP contribution in [0.1, 0.15) is 26.3 Å². The molecule has 0 heterocycles. The van der Waals surface area contributed by atoms with Gasteiger partial charge in [-0.15, -0.1) is 6.58 Å². The summed E-state index contributed by atoms with van der Waals surface area (Å²) >= 11 is 0. The second kappa shape index (κ2) is 8.56. The molecule has 0 saturated heterocycles. The molecule has 0 radical (unpaired) electrons. The number of hydrogen-bond donors (Lipinski definition) is 2. The number of anilines is 1. The Kier molecular flexibility index (Phi) is 7.08. The van der Waals surface area contributed by atoms with E-state index in [1.165, 1.54) is 0 Å². The minimum absolute atomic E-state index is 0.101. The summed E-state index contributed by atoms with van der Waals surface area (Å²) in [7, 11) is 0. The number of rotatable bonds is 7. The summed E-state index contributed by atoms with van der Waals surface area (Å²) in [5.41, 5.74) is 1.21. The second-order valence-corrected chi connectivity index (χ2v) is 6.07. The van der Waals surface area contributed by atoms with E-state index in [1.807, 2.05) is 45.0 Å². The standard InChI is InChI=1S/C17H26N2O3/c1-5-9-19(10-11-20)13-14-7-6-8-15(12-14)18-16(21)22-17(2,3)4/h5-8,12,20H,1,9-11,13H2,2-4H3,(H,18,21). The fourth-order valence-electron chi connectivity index (χ4n) is 1.99. The topological polar surface area (TPSA) is 61.8 Å². The summed E-state index contributed by atoms with van der Waals surface area (Å²) in [6.45, 7) is 11.2. The number of aliphatic hydroxyl groups is 1. The SMILES string of the molecule is C=CCN(CCO)Cc1cccc(NC(=O)OC(C)(C)C)c1. The Hall–Kier alpha value is -1.85. The van der Waals surface area contributed by atoms with E-state index in [0.29, 0.717) is 25.3 Å². The Balaban J connectivity index is 2.68. The van der Waals surface area contributed by atoms with E-state index in [-0.39, 0.29) is 6.61 Å². The van der Waals surface area contributed by atoms with Crippen LogP contribution in [0.25, 0.3) is 0 Å². The maximum Gasteiger partial charge on any atom is 0.412 e. The van der Waals surface area contributed by atoms with Crippen molar-refractivity contribution < 1.29 is 14.6 Å². The quantitative estimate of drug-likeness (QED) is 0.760.